The molecule has 0 spiro atoms. The topological polar surface area (TPSA) is 58.6 Å². The van der Waals surface area contributed by atoms with E-state index in [0.717, 1.165) is 11.3 Å². The molecule has 16 heavy (non-hydrogen) atoms. The van der Waals surface area contributed by atoms with Crippen molar-refractivity contribution in [2.24, 2.45) is 0 Å². The van der Waals surface area contributed by atoms with Gasteiger partial charge in [-0.05, 0) is 24.1 Å². The predicted octanol–water partition coefficient (Wildman–Crippen LogP) is 1.54. The van der Waals surface area contributed by atoms with Crippen molar-refractivity contribution >= 4 is 11.7 Å². The summed E-state index contributed by atoms with van der Waals surface area (Å²) in [6.07, 6.45) is 0.661. The number of esters is 1. The van der Waals surface area contributed by atoms with Gasteiger partial charge in [-0.2, -0.15) is 0 Å². The van der Waals surface area contributed by atoms with Gasteiger partial charge in [0.1, 0.15) is 6.04 Å². The number of carbonyl (C=O) groups is 1. The third-order valence-corrected chi connectivity index (χ3v) is 2.37. The van der Waals surface area contributed by atoms with E-state index in [-0.39, 0.29) is 18.6 Å². The first-order chi connectivity index (χ1) is 7.71. The van der Waals surface area contributed by atoms with Crippen LogP contribution in [0.4, 0.5) is 5.69 Å². The third-order valence-electron chi connectivity index (χ3n) is 2.37. The van der Waals surface area contributed by atoms with E-state index in [0.29, 0.717) is 6.42 Å². The Morgan fingerprint density at radius 2 is 2.06 bits per heavy atom. The van der Waals surface area contributed by atoms with Crippen LogP contribution in [0, 0.1) is 0 Å². The fourth-order valence-electron chi connectivity index (χ4n) is 1.38. The van der Waals surface area contributed by atoms with Gasteiger partial charge in [-0.15, -0.1) is 0 Å². The lowest BCUT2D eigenvalue weighted by Crippen LogP contribution is -2.29. The average molecular weight is 223 g/mol. The van der Waals surface area contributed by atoms with Crippen molar-refractivity contribution in [1.29, 1.82) is 0 Å². The van der Waals surface area contributed by atoms with Crippen molar-refractivity contribution in [3.05, 3.63) is 29.8 Å². The molecule has 0 aliphatic carbocycles. The van der Waals surface area contributed by atoms with Crippen molar-refractivity contribution in [2.45, 2.75) is 26.0 Å². The molecule has 0 fully saturated rings. The van der Waals surface area contributed by atoms with Gasteiger partial charge in [0, 0.05) is 5.69 Å². The van der Waals surface area contributed by atoms with Gasteiger partial charge in [0.25, 0.3) is 0 Å². The summed E-state index contributed by atoms with van der Waals surface area (Å²) in [5.41, 5.74) is 1.69. The highest BCUT2D eigenvalue weighted by Crippen LogP contribution is 2.12. The molecular formula is C12H17NO3. The molecule has 1 aromatic rings. The molecular weight excluding hydrogens is 206 g/mol. The van der Waals surface area contributed by atoms with Crippen LogP contribution in [0.1, 0.15) is 18.9 Å². The number of hydrogen-bond donors (Lipinski definition) is 2. The maximum absolute atomic E-state index is 11.3. The third kappa shape index (κ3) is 3.24. The van der Waals surface area contributed by atoms with E-state index in [9.17, 15) is 4.79 Å². The fraction of sp³-hybridized carbons (Fsp3) is 0.417. The predicted molar refractivity (Wildman–Crippen MR) is 62.1 cm³/mol. The second-order valence-corrected chi connectivity index (χ2v) is 3.48. The van der Waals surface area contributed by atoms with Gasteiger partial charge in [0.2, 0.25) is 0 Å². The summed E-state index contributed by atoms with van der Waals surface area (Å²) in [4.78, 5) is 11.3. The number of carbonyl (C=O) groups excluding carboxylic acids is 1. The standard InChI is InChI=1S/C12H17NO3/c1-3-11(12(15)16-2)13-10-6-4-9(8-14)5-7-10/h4-7,11,13-14H,3,8H2,1-2H3. The highest BCUT2D eigenvalue weighted by Gasteiger charge is 2.15. The Kier molecular flexibility index (Phi) is 4.79. The summed E-state index contributed by atoms with van der Waals surface area (Å²) in [6, 6.07) is 6.96. The van der Waals surface area contributed by atoms with Crippen LogP contribution in [-0.2, 0) is 16.1 Å². The number of ether oxygens (including phenoxy) is 1. The Balaban J connectivity index is 2.66. The van der Waals surface area contributed by atoms with Crippen LogP contribution < -0.4 is 5.32 Å². The smallest absolute Gasteiger partial charge is 0.328 e. The summed E-state index contributed by atoms with van der Waals surface area (Å²) in [5.74, 6) is -0.270. The zero-order valence-electron chi connectivity index (χ0n) is 9.56. The van der Waals surface area contributed by atoms with Crippen LogP contribution in [0.3, 0.4) is 0 Å². The molecule has 1 rings (SSSR count). The Bertz CT molecular complexity index is 335. The Labute approximate surface area is 95.2 Å². The highest BCUT2D eigenvalue weighted by atomic mass is 16.5. The van der Waals surface area contributed by atoms with E-state index in [4.69, 9.17) is 5.11 Å². The largest absolute Gasteiger partial charge is 0.467 e. The second-order valence-electron chi connectivity index (χ2n) is 3.48. The van der Waals surface area contributed by atoms with Gasteiger partial charge in [0.15, 0.2) is 0 Å². The monoisotopic (exact) mass is 223 g/mol. The first kappa shape index (κ1) is 12.5. The summed E-state index contributed by atoms with van der Waals surface area (Å²) >= 11 is 0. The molecule has 1 unspecified atom stereocenters. The molecule has 0 radical (unpaired) electrons. The van der Waals surface area contributed by atoms with Crippen LogP contribution in [-0.4, -0.2) is 24.2 Å². The van der Waals surface area contributed by atoms with Crippen molar-refractivity contribution in [3.8, 4) is 0 Å². The van der Waals surface area contributed by atoms with Crippen LogP contribution in [0.2, 0.25) is 0 Å². The molecule has 0 bridgehead atoms. The number of methoxy groups -OCH3 is 1. The zero-order valence-corrected chi connectivity index (χ0v) is 9.56. The SMILES string of the molecule is CCC(Nc1ccc(CO)cc1)C(=O)OC. The zero-order chi connectivity index (χ0) is 12.0. The second kappa shape index (κ2) is 6.12. The first-order valence-electron chi connectivity index (χ1n) is 5.25. The van der Waals surface area contributed by atoms with E-state index >= 15 is 0 Å². The maximum Gasteiger partial charge on any atom is 0.328 e. The van der Waals surface area contributed by atoms with Crippen molar-refractivity contribution < 1.29 is 14.6 Å². The van der Waals surface area contributed by atoms with Crippen molar-refractivity contribution in [2.75, 3.05) is 12.4 Å². The minimum absolute atomic E-state index is 0.0223. The maximum atomic E-state index is 11.3. The van der Waals surface area contributed by atoms with E-state index in [1.165, 1.54) is 7.11 Å². The summed E-state index contributed by atoms with van der Waals surface area (Å²) in [6.45, 7) is 1.94. The number of benzene rings is 1. The van der Waals surface area contributed by atoms with Gasteiger partial charge >= 0.3 is 5.97 Å². The van der Waals surface area contributed by atoms with Gasteiger partial charge in [-0.25, -0.2) is 4.79 Å². The number of rotatable bonds is 5. The van der Waals surface area contributed by atoms with E-state index in [2.05, 4.69) is 10.1 Å². The molecule has 0 saturated carbocycles. The van der Waals surface area contributed by atoms with E-state index in [1.54, 1.807) is 0 Å². The van der Waals surface area contributed by atoms with Gasteiger partial charge in [0.05, 0.1) is 13.7 Å². The number of nitrogens with one attached hydrogen (secondary N) is 1. The number of aliphatic hydroxyl groups is 1. The van der Waals surface area contributed by atoms with Crippen molar-refractivity contribution in [1.82, 2.24) is 0 Å². The average Bonchev–Trinajstić information content (AvgIpc) is 2.35. The normalized spacial score (nSPS) is 11.9. The first-order valence-corrected chi connectivity index (χ1v) is 5.25. The van der Waals surface area contributed by atoms with E-state index in [1.807, 2.05) is 31.2 Å². The molecule has 88 valence electrons. The summed E-state index contributed by atoms with van der Waals surface area (Å²) < 4.78 is 4.68. The lowest BCUT2D eigenvalue weighted by Gasteiger charge is -2.15. The number of aliphatic hydroxyl groups excluding tert-OH is 1. The molecule has 0 aliphatic heterocycles. The molecule has 1 aromatic carbocycles. The minimum Gasteiger partial charge on any atom is -0.467 e. The van der Waals surface area contributed by atoms with Gasteiger partial charge < -0.3 is 15.2 Å². The van der Waals surface area contributed by atoms with Gasteiger partial charge in [-0.1, -0.05) is 19.1 Å². The molecule has 0 aliphatic rings. The summed E-state index contributed by atoms with van der Waals surface area (Å²) in [7, 11) is 1.38. The molecule has 0 saturated heterocycles. The molecule has 4 heteroatoms. The Hall–Kier alpha value is -1.55. The fourth-order valence-corrected chi connectivity index (χ4v) is 1.38. The van der Waals surface area contributed by atoms with Gasteiger partial charge in [-0.3, -0.25) is 0 Å². The molecule has 2 N–H and O–H groups in total. The Morgan fingerprint density at radius 3 is 2.50 bits per heavy atom. The molecule has 0 amide bonds. The van der Waals surface area contributed by atoms with E-state index < -0.39 is 0 Å². The van der Waals surface area contributed by atoms with Crippen molar-refractivity contribution in [3.63, 3.8) is 0 Å². The Morgan fingerprint density at radius 1 is 1.44 bits per heavy atom. The van der Waals surface area contributed by atoms with Crippen LogP contribution in [0.25, 0.3) is 0 Å². The number of anilines is 1. The van der Waals surface area contributed by atoms with Crippen LogP contribution >= 0.6 is 0 Å². The quantitative estimate of drug-likeness (QED) is 0.743. The number of hydrogen-bond acceptors (Lipinski definition) is 4. The molecule has 1 atom stereocenters. The molecule has 4 nitrogen and oxygen atoms in total. The lowest BCUT2D eigenvalue weighted by molar-refractivity contribution is -0.141. The highest BCUT2D eigenvalue weighted by molar-refractivity contribution is 5.79. The molecule has 0 heterocycles. The van der Waals surface area contributed by atoms with Crippen LogP contribution in [0.15, 0.2) is 24.3 Å². The lowest BCUT2D eigenvalue weighted by atomic mass is 10.2. The molecule has 0 aromatic heterocycles. The van der Waals surface area contributed by atoms with Crippen LogP contribution in [0.5, 0.6) is 0 Å². The summed E-state index contributed by atoms with van der Waals surface area (Å²) in [5, 5.41) is 12.0. The minimum atomic E-state index is -0.329.